The van der Waals surface area contributed by atoms with Gasteiger partial charge in [0.25, 0.3) is 0 Å². The quantitative estimate of drug-likeness (QED) is 0.913. The second kappa shape index (κ2) is 7.11. The van der Waals surface area contributed by atoms with Gasteiger partial charge in [0, 0.05) is 0 Å². The molecule has 2 rings (SSSR count). The minimum Gasteiger partial charge on any atom is -0.485 e. The van der Waals surface area contributed by atoms with Gasteiger partial charge in [-0.1, -0.05) is 37.2 Å². The van der Waals surface area contributed by atoms with E-state index in [1.807, 2.05) is 44.2 Å². The Balaban J connectivity index is 0.00000180. The molecule has 6 heteroatoms. The highest BCUT2D eigenvalue weighted by Crippen LogP contribution is 2.17. The molecule has 0 saturated heterocycles. The van der Waals surface area contributed by atoms with Gasteiger partial charge in [-0.05, 0) is 18.1 Å². The van der Waals surface area contributed by atoms with Crippen LogP contribution in [0.25, 0.3) is 0 Å². The average molecular weight is 284 g/mol. The average Bonchev–Trinajstić information content (AvgIpc) is 2.85. The highest BCUT2D eigenvalue weighted by atomic mass is 35.5. The van der Waals surface area contributed by atoms with Gasteiger partial charge < -0.3 is 15.0 Å². The third-order valence-corrected chi connectivity index (χ3v) is 2.60. The molecule has 0 aliphatic carbocycles. The van der Waals surface area contributed by atoms with Gasteiger partial charge in [-0.2, -0.15) is 4.98 Å². The molecule has 0 aliphatic heterocycles. The number of nitrogens with two attached hydrogens (primary N) is 1. The number of hydrogen-bond donors (Lipinski definition) is 1. The number of hydrogen-bond acceptors (Lipinski definition) is 5. The molecule has 104 valence electrons. The van der Waals surface area contributed by atoms with Gasteiger partial charge in [0.2, 0.25) is 11.7 Å². The van der Waals surface area contributed by atoms with Crippen LogP contribution in [-0.4, -0.2) is 10.1 Å². The molecule has 1 atom stereocenters. The Hall–Kier alpha value is -1.59. The first kappa shape index (κ1) is 15.5. The van der Waals surface area contributed by atoms with Crippen LogP contribution in [0.5, 0.6) is 5.75 Å². The van der Waals surface area contributed by atoms with E-state index in [-0.39, 0.29) is 31.0 Å². The highest BCUT2D eigenvalue weighted by molar-refractivity contribution is 5.85. The zero-order valence-electron chi connectivity index (χ0n) is 10.9. The van der Waals surface area contributed by atoms with Crippen molar-refractivity contribution < 1.29 is 9.26 Å². The topological polar surface area (TPSA) is 74.2 Å². The first-order valence-electron chi connectivity index (χ1n) is 5.92. The first-order chi connectivity index (χ1) is 8.66. The molecule has 0 fully saturated rings. The maximum atomic E-state index is 5.92. The molecular formula is C13H18ClN3O2. The fraction of sp³-hybridized carbons (Fsp3) is 0.385. The van der Waals surface area contributed by atoms with Crippen LogP contribution in [0.2, 0.25) is 0 Å². The standard InChI is InChI=1S/C13H17N3O2.ClH/c1-9(2)12(14)13-15-11(16-18-13)8-17-10-6-4-3-5-7-10;/h3-7,9,12H,8,14H2,1-2H3;1H. The third kappa shape index (κ3) is 4.22. The lowest BCUT2D eigenvalue weighted by molar-refractivity contribution is 0.281. The SMILES string of the molecule is CC(C)C(N)c1nc(COc2ccccc2)no1.Cl. The molecule has 0 spiro atoms. The van der Waals surface area contributed by atoms with Crippen LogP contribution in [0.15, 0.2) is 34.9 Å². The van der Waals surface area contributed by atoms with Crippen LogP contribution in [0.3, 0.4) is 0 Å². The molecular weight excluding hydrogens is 266 g/mol. The Bertz CT molecular complexity index is 488. The highest BCUT2D eigenvalue weighted by Gasteiger charge is 2.18. The minimum atomic E-state index is -0.233. The van der Waals surface area contributed by atoms with E-state index >= 15 is 0 Å². The maximum absolute atomic E-state index is 5.92. The van der Waals surface area contributed by atoms with E-state index in [4.69, 9.17) is 15.0 Å². The number of para-hydroxylation sites is 1. The number of ether oxygens (including phenoxy) is 1. The summed E-state index contributed by atoms with van der Waals surface area (Å²) in [6.07, 6.45) is 0. The van der Waals surface area contributed by atoms with Gasteiger partial charge in [-0.15, -0.1) is 12.4 Å². The van der Waals surface area contributed by atoms with E-state index in [1.54, 1.807) is 0 Å². The summed E-state index contributed by atoms with van der Waals surface area (Å²) in [5.41, 5.74) is 5.92. The number of aromatic nitrogens is 2. The second-order valence-electron chi connectivity index (χ2n) is 4.42. The van der Waals surface area contributed by atoms with Crippen molar-refractivity contribution in [2.24, 2.45) is 11.7 Å². The van der Waals surface area contributed by atoms with Crippen molar-refractivity contribution in [1.29, 1.82) is 0 Å². The van der Waals surface area contributed by atoms with E-state index < -0.39 is 0 Å². The molecule has 0 saturated carbocycles. The Morgan fingerprint density at radius 1 is 1.26 bits per heavy atom. The Labute approximate surface area is 118 Å². The van der Waals surface area contributed by atoms with Gasteiger partial charge in [0.1, 0.15) is 5.75 Å². The lowest BCUT2D eigenvalue weighted by Crippen LogP contribution is -2.17. The summed E-state index contributed by atoms with van der Waals surface area (Å²) >= 11 is 0. The Morgan fingerprint density at radius 3 is 2.58 bits per heavy atom. The molecule has 5 nitrogen and oxygen atoms in total. The summed E-state index contributed by atoms with van der Waals surface area (Å²) in [6, 6.07) is 9.27. The molecule has 1 unspecified atom stereocenters. The number of benzene rings is 1. The fourth-order valence-corrected chi connectivity index (χ4v) is 1.41. The van der Waals surface area contributed by atoms with Crippen molar-refractivity contribution in [3.05, 3.63) is 42.0 Å². The summed E-state index contributed by atoms with van der Waals surface area (Å²) in [5.74, 6) is 1.99. The third-order valence-electron chi connectivity index (χ3n) is 2.60. The second-order valence-corrected chi connectivity index (χ2v) is 4.42. The number of rotatable bonds is 5. The molecule has 0 aliphatic rings. The molecule has 2 aromatic rings. The number of halogens is 1. The van der Waals surface area contributed by atoms with Crippen molar-refractivity contribution in [1.82, 2.24) is 10.1 Å². The smallest absolute Gasteiger partial charge is 0.243 e. The Morgan fingerprint density at radius 2 is 1.95 bits per heavy atom. The summed E-state index contributed by atoms with van der Waals surface area (Å²) in [5, 5.41) is 3.84. The molecule has 19 heavy (non-hydrogen) atoms. The lowest BCUT2D eigenvalue weighted by atomic mass is 10.1. The zero-order chi connectivity index (χ0) is 13.0. The minimum absolute atomic E-state index is 0. The van der Waals surface area contributed by atoms with Crippen molar-refractivity contribution in [3.63, 3.8) is 0 Å². The van der Waals surface area contributed by atoms with Crippen molar-refractivity contribution in [2.45, 2.75) is 26.5 Å². The van der Waals surface area contributed by atoms with Crippen LogP contribution in [-0.2, 0) is 6.61 Å². The van der Waals surface area contributed by atoms with E-state index in [1.165, 1.54) is 0 Å². The van der Waals surface area contributed by atoms with Gasteiger partial charge >= 0.3 is 0 Å². The van der Waals surface area contributed by atoms with E-state index in [0.29, 0.717) is 11.7 Å². The largest absolute Gasteiger partial charge is 0.485 e. The predicted octanol–water partition coefficient (Wildman–Crippen LogP) is 2.73. The van der Waals surface area contributed by atoms with Crippen molar-refractivity contribution in [2.75, 3.05) is 0 Å². The molecule has 2 N–H and O–H groups in total. The number of nitrogens with zero attached hydrogens (tertiary/aromatic N) is 2. The predicted molar refractivity (Wildman–Crippen MR) is 74.1 cm³/mol. The van der Waals surface area contributed by atoms with Crippen molar-refractivity contribution in [3.8, 4) is 5.75 Å². The van der Waals surface area contributed by atoms with Crippen LogP contribution in [0.1, 0.15) is 31.6 Å². The fourth-order valence-electron chi connectivity index (χ4n) is 1.41. The summed E-state index contributed by atoms with van der Waals surface area (Å²) in [4.78, 5) is 4.22. The van der Waals surface area contributed by atoms with Crippen LogP contribution in [0, 0.1) is 5.92 Å². The molecule has 1 heterocycles. The summed E-state index contributed by atoms with van der Waals surface area (Å²) in [6.45, 7) is 4.29. The monoisotopic (exact) mass is 283 g/mol. The van der Waals surface area contributed by atoms with Crippen LogP contribution >= 0.6 is 12.4 Å². The zero-order valence-corrected chi connectivity index (χ0v) is 11.8. The lowest BCUT2D eigenvalue weighted by Gasteiger charge is -2.09. The van der Waals surface area contributed by atoms with Crippen LogP contribution in [0.4, 0.5) is 0 Å². The Kier molecular flexibility index (Phi) is 5.79. The van der Waals surface area contributed by atoms with E-state index in [0.717, 1.165) is 5.75 Å². The molecule has 1 aromatic carbocycles. The molecule has 1 aromatic heterocycles. The van der Waals surface area contributed by atoms with Crippen LogP contribution < -0.4 is 10.5 Å². The van der Waals surface area contributed by atoms with Gasteiger partial charge in [-0.25, -0.2) is 0 Å². The maximum Gasteiger partial charge on any atom is 0.243 e. The molecule has 0 bridgehead atoms. The summed E-state index contributed by atoms with van der Waals surface area (Å²) < 4.78 is 10.6. The molecule has 0 radical (unpaired) electrons. The van der Waals surface area contributed by atoms with E-state index in [9.17, 15) is 0 Å². The normalized spacial score (nSPS) is 12.0. The van der Waals surface area contributed by atoms with Gasteiger partial charge in [-0.3, -0.25) is 0 Å². The molecule has 0 amide bonds. The van der Waals surface area contributed by atoms with E-state index in [2.05, 4.69) is 10.1 Å². The summed E-state index contributed by atoms with van der Waals surface area (Å²) in [7, 11) is 0. The van der Waals surface area contributed by atoms with Gasteiger partial charge in [0.05, 0.1) is 6.04 Å². The van der Waals surface area contributed by atoms with Crippen molar-refractivity contribution >= 4 is 12.4 Å². The van der Waals surface area contributed by atoms with Gasteiger partial charge in [0.15, 0.2) is 6.61 Å². The first-order valence-corrected chi connectivity index (χ1v) is 5.92.